The lowest BCUT2D eigenvalue weighted by molar-refractivity contribution is 0.296. The number of hydrogen-bond donors (Lipinski definition) is 2. The van der Waals surface area contributed by atoms with Crippen molar-refractivity contribution in [2.45, 2.75) is 12.2 Å². The molecule has 2 N–H and O–H groups in total. The van der Waals surface area contributed by atoms with Gasteiger partial charge in [-0.05, 0) is 19.1 Å². The number of anilines is 1. The molecule has 96 valence electrons. The molecule has 1 atom stereocenters. The summed E-state index contributed by atoms with van der Waals surface area (Å²) in [5, 5.41) is 7.55. The Morgan fingerprint density at radius 2 is 1.88 bits per heavy atom. The highest BCUT2D eigenvalue weighted by Crippen LogP contribution is 2.25. The molecule has 0 fully saturated rings. The molecule has 0 radical (unpaired) electrons. The summed E-state index contributed by atoms with van der Waals surface area (Å²) in [4.78, 5) is 0. The quantitative estimate of drug-likeness (QED) is 0.885. The Labute approximate surface area is 106 Å². The molecular weight excluding hydrogens is 320 g/mol. The average Bonchev–Trinajstić information content (AvgIpc) is 2.22. The standard InChI is InChI=1S/C9H10BrF2NO3S/c1-5(4-14)17(15,16)13-9-7(11)2-6(10)3-8(9)12/h2-3,5,13-14H,4H2,1H3. The fourth-order valence-corrected chi connectivity index (χ4v) is 2.26. The van der Waals surface area contributed by atoms with Gasteiger partial charge in [-0.3, -0.25) is 4.72 Å². The van der Waals surface area contributed by atoms with Crippen LogP contribution >= 0.6 is 15.9 Å². The fraction of sp³-hybridized carbons (Fsp3) is 0.333. The van der Waals surface area contributed by atoms with Crippen LogP contribution in [0.25, 0.3) is 0 Å². The molecule has 0 bridgehead atoms. The second-order valence-electron chi connectivity index (χ2n) is 3.38. The van der Waals surface area contributed by atoms with Crippen LogP contribution in [0.5, 0.6) is 0 Å². The summed E-state index contributed by atoms with van der Waals surface area (Å²) in [6.45, 7) is 0.575. The minimum atomic E-state index is -4.02. The van der Waals surface area contributed by atoms with Crippen LogP contribution in [-0.2, 0) is 10.0 Å². The topological polar surface area (TPSA) is 66.4 Å². The van der Waals surface area contributed by atoms with Gasteiger partial charge in [0.15, 0.2) is 11.6 Å². The van der Waals surface area contributed by atoms with Gasteiger partial charge >= 0.3 is 0 Å². The Morgan fingerprint density at radius 1 is 1.41 bits per heavy atom. The molecule has 1 aromatic rings. The van der Waals surface area contributed by atoms with Gasteiger partial charge in [0.2, 0.25) is 10.0 Å². The molecule has 0 aliphatic rings. The maximum Gasteiger partial charge on any atom is 0.237 e. The fourth-order valence-electron chi connectivity index (χ4n) is 0.981. The number of sulfonamides is 1. The molecule has 1 unspecified atom stereocenters. The van der Waals surface area contributed by atoms with Crippen molar-refractivity contribution < 1.29 is 22.3 Å². The predicted molar refractivity (Wildman–Crippen MR) is 63.1 cm³/mol. The van der Waals surface area contributed by atoms with Gasteiger partial charge in [0.25, 0.3) is 0 Å². The lowest BCUT2D eigenvalue weighted by Crippen LogP contribution is -2.28. The first kappa shape index (κ1) is 14.3. The van der Waals surface area contributed by atoms with Gasteiger partial charge < -0.3 is 5.11 Å². The van der Waals surface area contributed by atoms with Crippen molar-refractivity contribution in [1.82, 2.24) is 0 Å². The zero-order chi connectivity index (χ0) is 13.2. The first-order valence-electron chi connectivity index (χ1n) is 4.55. The second kappa shape index (κ2) is 5.28. The van der Waals surface area contributed by atoms with E-state index in [4.69, 9.17) is 5.11 Å². The van der Waals surface area contributed by atoms with E-state index >= 15 is 0 Å². The third-order valence-electron chi connectivity index (χ3n) is 2.04. The van der Waals surface area contributed by atoms with Gasteiger partial charge in [-0.25, -0.2) is 17.2 Å². The number of benzene rings is 1. The highest BCUT2D eigenvalue weighted by atomic mass is 79.9. The van der Waals surface area contributed by atoms with Gasteiger partial charge in [0, 0.05) is 4.47 Å². The Bertz CT molecular complexity index is 498. The van der Waals surface area contributed by atoms with Gasteiger partial charge in [0.1, 0.15) is 10.9 Å². The van der Waals surface area contributed by atoms with Crippen molar-refractivity contribution in [3.05, 3.63) is 28.2 Å². The van der Waals surface area contributed by atoms with E-state index in [1.165, 1.54) is 6.92 Å². The van der Waals surface area contributed by atoms with Crippen molar-refractivity contribution in [2.24, 2.45) is 0 Å². The molecule has 4 nitrogen and oxygen atoms in total. The molecule has 0 saturated heterocycles. The van der Waals surface area contributed by atoms with Crippen LogP contribution in [-0.4, -0.2) is 25.4 Å². The first-order valence-corrected chi connectivity index (χ1v) is 6.89. The molecular formula is C9H10BrF2NO3S. The van der Waals surface area contributed by atoms with Crippen molar-refractivity contribution in [2.75, 3.05) is 11.3 Å². The van der Waals surface area contributed by atoms with E-state index in [0.29, 0.717) is 0 Å². The van der Waals surface area contributed by atoms with Crippen LogP contribution < -0.4 is 4.72 Å². The van der Waals surface area contributed by atoms with E-state index in [0.717, 1.165) is 12.1 Å². The molecule has 0 amide bonds. The van der Waals surface area contributed by atoms with Crippen LogP contribution in [0.2, 0.25) is 0 Å². The number of aliphatic hydroxyl groups excluding tert-OH is 1. The van der Waals surface area contributed by atoms with Crippen LogP contribution in [0, 0.1) is 11.6 Å². The van der Waals surface area contributed by atoms with Crippen molar-refractivity contribution in [3.63, 3.8) is 0 Å². The molecule has 0 saturated carbocycles. The molecule has 8 heteroatoms. The summed E-state index contributed by atoms with van der Waals surface area (Å²) in [6.07, 6.45) is 0. The Morgan fingerprint density at radius 3 is 2.29 bits per heavy atom. The highest BCUT2D eigenvalue weighted by Gasteiger charge is 2.23. The van der Waals surface area contributed by atoms with E-state index in [1.807, 2.05) is 0 Å². The molecule has 17 heavy (non-hydrogen) atoms. The molecule has 1 aromatic carbocycles. The zero-order valence-corrected chi connectivity index (χ0v) is 11.1. The summed E-state index contributed by atoms with van der Waals surface area (Å²) in [5.41, 5.74) is -0.756. The number of hydrogen-bond acceptors (Lipinski definition) is 3. The summed E-state index contributed by atoms with van der Waals surface area (Å²) in [7, 11) is -4.02. The van der Waals surface area contributed by atoms with E-state index in [2.05, 4.69) is 15.9 Å². The molecule has 0 aliphatic carbocycles. The van der Waals surface area contributed by atoms with Crippen LogP contribution in [0.15, 0.2) is 16.6 Å². The third-order valence-corrected chi connectivity index (χ3v) is 4.19. The van der Waals surface area contributed by atoms with Crippen molar-refractivity contribution in [1.29, 1.82) is 0 Å². The molecule has 0 aliphatic heterocycles. The number of rotatable bonds is 4. The zero-order valence-electron chi connectivity index (χ0n) is 8.75. The number of aliphatic hydroxyl groups is 1. The molecule has 1 rings (SSSR count). The average molecular weight is 330 g/mol. The van der Waals surface area contributed by atoms with Crippen molar-refractivity contribution in [3.8, 4) is 0 Å². The highest BCUT2D eigenvalue weighted by molar-refractivity contribution is 9.10. The minimum absolute atomic E-state index is 0.158. The van der Waals surface area contributed by atoms with E-state index in [-0.39, 0.29) is 4.47 Å². The molecule has 0 heterocycles. The Kier molecular flexibility index (Phi) is 4.45. The maximum atomic E-state index is 13.3. The van der Waals surface area contributed by atoms with Crippen LogP contribution in [0.4, 0.5) is 14.5 Å². The smallest absolute Gasteiger partial charge is 0.237 e. The van der Waals surface area contributed by atoms with Crippen molar-refractivity contribution >= 4 is 31.6 Å². The van der Waals surface area contributed by atoms with E-state index in [9.17, 15) is 17.2 Å². The normalized spacial score (nSPS) is 13.5. The lowest BCUT2D eigenvalue weighted by atomic mass is 10.3. The van der Waals surface area contributed by atoms with Gasteiger partial charge in [-0.15, -0.1) is 0 Å². The van der Waals surface area contributed by atoms with Gasteiger partial charge in [0.05, 0.1) is 6.61 Å². The Hall–Kier alpha value is -0.730. The lowest BCUT2D eigenvalue weighted by Gasteiger charge is -2.13. The summed E-state index contributed by atoms with van der Waals surface area (Å²) in [6, 6.07) is 1.87. The SMILES string of the molecule is CC(CO)S(=O)(=O)Nc1c(F)cc(Br)cc1F. The van der Waals surface area contributed by atoms with Crippen LogP contribution in [0.1, 0.15) is 6.92 Å². The van der Waals surface area contributed by atoms with Gasteiger partial charge in [-0.2, -0.15) is 0 Å². The Balaban J connectivity index is 3.13. The van der Waals surface area contributed by atoms with Gasteiger partial charge in [-0.1, -0.05) is 15.9 Å². The number of halogens is 3. The van der Waals surface area contributed by atoms with Crippen LogP contribution in [0.3, 0.4) is 0 Å². The minimum Gasteiger partial charge on any atom is -0.395 e. The summed E-state index contributed by atoms with van der Waals surface area (Å²) < 4.78 is 51.6. The van der Waals surface area contributed by atoms with E-state index in [1.54, 1.807) is 4.72 Å². The van der Waals surface area contributed by atoms with E-state index < -0.39 is 39.2 Å². The predicted octanol–water partition coefficient (Wildman–Crippen LogP) is 1.85. The number of nitrogens with one attached hydrogen (secondary N) is 1. The maximum absolute atomic E-state index is 13.3. The summed E-state index contributed by atoms with van der Waals surface area (Å²) >= 11 is 2.87. The monoisotopic (exact) mass is 329 g/mol. The molecule has 0 spiro atoms. The summed E-state index contributed by atoms with van der Waals surface area (Å²) in [5.74, 6) is -2.07. The largest absolute Gasteiger partial charge is 0.395 e. The third kappa shape index (κ3) is 3.36. The molecule has 0 aromatic heterocycles. The first-order chi connectivity index (χ1) is 7.77. The second-order valence-corrected chi connectivity index (χ2v) is 6.40.